The zero-order chi connectivity index (χ0) is 19.6. The van der Waals surface area contributed by atoms with Gasteiger partial charge in [0.1, 0.15) is 0 Å². The molecule has 0 amide bonds. The number of allylic oxidation sites excluding steroid dienone is 2. The lowest BCUT2D eigenvalue weighted by Gasteiger charge is -2.28. The summed E-state index contributed by atoms with van der Waals surface area (Å²) in [5.41, 5.74) is 0. The number of rotatable bonds is 12. The van der Waals surface area contributed by atoms with Gasteiger partial charge in [0.15, 0.2) is 0 Å². The molecule has 3 N–H and O–H groups in total. The Labute approximate surface area is 173 Å². The molecule has 5 nitrogen and oxygen atoms in total. The molecule has 0 saturated carbocycles. The Morgan fingerprint density at radius 1 is 1.11 bits per heavy atom. The smallest absolute Gasteiger partial charge is 0.303 e. The second-order valence-electron chi connectivity index (χ2n) is 7.44. The Balaban J connectivity index is 1.72. The van der Waals surface area contributed by atoms with E-state index in [1.165, 1.54) is 0 Å². The molecule has 0 aromatic rings. The summed E-state index contributed by atoms with van der Waals surface area (Å²) in [4.78, 5) is 12.2. The molecule has 2 fully saturated rings. The van der Waals surface area contributed by atoms with E-state index in [1.807, 2.05) is 0 Å². The number of ether oxygens (including phenoxy) is 1. The molecule has 2 aliphatic heterocycles. The number of unbranched alkanes of at least 4 members (excludes halogenated alkanes) is 1. The van der Waals surface area contributed by atoms with Crippen molar-refractivity contribution >= 4 is 40.4 Å². The first-order valence-corrected chi connectivity index (χ1v) is 10.9. The van der Waals surface area contributed by atoms with Gasteiger partial charge in [-0.15, -0.1) is 0 Å². The normalized spacial score (nSPS) is 26.4. The SMILES string of the molecule is CCCC(=S)NCC(=S)NC[C@@H]1[C@H](CC=CCCCC(=O)O)[C@@H]2CC[C@H]1O2. The fourth-order valence-electron chi connectivity index (χ4n) is 4.01. The Morgan fingerprint density at radius 2 is 1.85 bits per heavy atom. The lowest BCUT2D eigenvalue weighted by atomic mass is 9.77. The quantitative estimate of drug-likeness (QED) is 0.257. The number of hydrogen-bond donors (Lipinski definition) is 3. The first kappa shape index (κ1) is 22.2. The third-order valence-corrected chi connectivity index (χ3v) is 6.02. The Kier molecular flexibility index (Phi) is 9.65. The number of thiocarbonyl (C=S) groups is 2. The molecule has 0 unspecified atom stereocenters. The van der Waals surface area contributed by atoms with Crippen LogP contribution in [0.15, 0.2) is 12.2 Å². The molecule has 0 aromatic heterocycles. The van der Waals surface area contributed by atoms with Crippen molar-refractivity contribution < 1.29 is 14.6 Å². The van der Waals surface area contributed by atoms with E-state index in [2.05, 4.69) is 29.7 Å². The first-order chi connectivity index (χ1) is 13.0. The van der Waals surface area contributed by atoms with Gasteiger partial charge in [0.25, 0.3) is 0 Å². The van der Waals surface area contributed by atoms with Crippen LogP contribution in [0.2, 0.25) is 0 Å². The standard InChI is InChI=1S/C20H32N2O3S2/c1-2-7-18(26)22-13-19(27)21-12-15-14(16-10-11-17(15)25-16)8-5-3-4-6-9-20(23)24/h3,5,14-17H,2,4,6-13H2,1H3,(H,21,27)(H,22,26)(H,23,24)/t14-,15+,16-,17+/m0/s1. The van der Waals surface area contributed by atoms with Gasteiger partial charge in [-0.2, -0.15) is 0 Å². The monoisotopic (exact) mass is 412 g/mol. The van der Waals surface area contributed by atoms with E-state index in [4.69, 9.17) is 34.3 Å². The first-order valence-electron chi connectivity index (χ1n) is 10.1. The molecule has 2 bridgehead atoms. The third kappa shape index (κ3) is 7.47. The van der Waals surface area contributed by atoms with E-state index < -0.39 is 5.97 Å². The second kappa shape index (κ2) is 11.7. The van der Waals surface area contributed by atoms with Crippen LogP contribution in [0.4, 0.5) is 0 Å². The zero-order valence-electron chi connectivity index (χ0n) is 16.1. The Hall–Kier alpha value is -1.05. The van der Waals surface area contributed by atoms with Crippen LogP contribution in [0, 0.1) is 11.8 Å². The van der Waals surface area contributed by atoms with E-state index in [-0.39, 0.29) is 6.42 Å². The highest BCUT2D eigenvalue weighted by molar-refractivity contribution is 7.80. The summed E-state index contributed by atoms with van der Waals surface area (Å²) < 4.78 is 6.14. The van der Waals surface area contributed by atoms with Crippen LogP contribution in [0.5, 0.6) is 0 Å². The van der Waals surface area contributed by atoms with Crippen molar-refractivity contribution in [3.63, 3.8) is 0 Å². The number of nitrogens with one attached hydrogen (secondary N) is 2. The molecule has 2 rings (SSSR count). The average Bonchev–Trinajstić information content (AvgIpc) is 3.22. The molecule has 27 heavy (non-hydrogen) atoms. The van der Waals surface area contributed by atoms with Gasteiger partial charge in [0.05, 0.1) is 28.7 Å². The lowest BCUT2D eigenvalue weighted by Crippen LogP contribution is -2.41. The Bertz CT molecular complexity index is 553. The Morgan fingerprint density at radius 3 is 2.56 bits per heavy atom. The van der Waals surface area contributed by atoms with Crippen LogP contribution in [0.1, 0.15) is 58.3 Å². The van der Waals surface area contributed by atoms with Crippen LogP contribution < -0.4 is 10.6 Å². The number of carboxylic acid groups (broad SMARTS) is 1. The maximum absolute atomic E-state index is 10.5. The van der Waals surface area contributed by atoms with Crippen LogP contribution in [-0.2, 0) is 9.53 Å². The summed E-state index contributed by atoms with van der Waals surface area (Å²) in [6.07, 6.45) is 12.0. The molecule has 0 aromatic carbocycles. The predicted octanol–water partition coefficient (Wildman–Crippen LogP) is 3.62. The molecule has 152 valence electrons. The minimum Gasteiger partial charge on any atom is -0.481 e. The van der Waals surface area contributed by atoms with Gasteiger partial charge < -0.3 is 20.5 Å². The molecule has 2 aliphatic rings. The van der Waals surface area contributed by atoms with Crippen molar-refractivity contribution in [3.05, 3.63) is 12.2 Å². The highest BCUT2D eigenvalue weighted by atomic mass is 32.1. The van der Waals surface area contributed by atoms with E-state index in [0.29, 0.717) is 37.0 Å². The molecule has 2 saturated heterocycles. The number of carboxylic acids is 1. The van der Waals surface area contributed by atoms with E-state index in [1.54, 1.807) is 0 Å². The van der Waals surface area contributed by atoms with Crippen LogP contribution in [0.3, 0.4) is 0 Å². The summed E-state index contributed by atoms with van der Waals surface area (Å²) in [6.45, 7) is 3.56. The molecule has 0 radical (unpaired) electrons. The lowest BCUT2D eigenvalue weighted by molar-refractivity contribution is -0.137. The fraction of sp³-hybridized carbons (Fsp3) is 0.750. The summed E-state index contributed by atoms with van der Waals surface area (Å²) in [6, 6.07) is 0. The van der Waals surface area contributed by atoms with Gasteiger partial charge >= 0.3 is 5.97 Å². The third-order valence-electron chi connectivity index (χ3n) is 5.38. The summed E-state index contributed by atoms with van der Waals surface area (Å²) in [7, 11) is 0. The molecule has 0 spiro atoms. The zero-order valence-corrected chi connectivity index (χ0v) is 17.7. The highest BCUT2D eigenvalue weighted by Gasteiger charge is 2.47. The summed E-state index contributed by atoms with van der Waals surface area (Å²) >= 11 is 10.7. The number of aliphatic carboxylic acids is 1. The molecule has 0 aliphatic carbocycles. The van der Waals surface area contributed by atoms with E-state index in [9.17, 15) is 4.79 Å². The summed E-state index contributed by atoms with van der Waals surface area (Å²) in [5.74, 6) is 0.272. The van der Waals surface area contributed by atoms with Gasteiger partial charge in [-0.1, -0.05) is 43.5 Å². The van der Waals surface area contributed by atoms with Crippen molar-refractivity contribution in [1.82, 2.24) is 10.6 Å². The van der Waals surface area contributed by atoms with E-state index >= 15 is 0 Å². The second-order valence-corrected chi connectivity index (χ2v) is 8.43. The fourth-order valence-corrected chi connectivity index (χ4v) is 4.44. The largest absolute Gasteiger partial charge is 0.481 e. The van der Waals surface area contributed by atoms with Crippen molar-refractivity contribution in [2.75, 3.05) is 13.1 Å². The van der Waals surface area contributed by atoms with Gasteiger partial charge in [-0.3, -0.25) is 4.79 Å². The van der Waals surface area contributed by atoms with Gasteiger partial charge in [0.2, 0.25) is 0 Å². The van der Waals surface area contributed by atoms with Crippen molar-refractivity contribution in [2.24, 2.45) is 11.8 Å². The van der Waals surface area contributed by atoms with Crippen LogP contribution >= 0.6 is 24.4 Å². The maximum Gasteiger partial charge on any atom is 0.303 e. The van der Waals surface area contributed by atoms with Crippen molar-refractivity contribution in [1.29, 1.82) is 0 Å². The molecule has 7 heteroatoms. The number of carbonyl (C=O) groups is 1. The minimum atomic E-state index is -0.725. The molecular weight excluding hydrogens is 380 g/mol. The van der Waals surface area contributed by atoms with Crippen LogP contribution in [0.25, 0.3) is 0 Å². The van der Waals surface area contributed by atoms with Gasteiger partial charge in [-0.25, -0.2) is 0 Å². The molecule has 4 atom stereocenters. The number of fused-ring (bicyclic) bond motifs is 2. The van der Waals surface area contributed by atoms with Gasteiger partial charge in [0, 0.05) is 18.9 Å². The predicted molar refractivity (Wildman–Crippen MR) is 116 cm³/mol. The van der Waals surface area contributed by atoms with Gasteiger partial charge in [-0.05, 0) is 50.9 Å². The topological polar surface area (TPSA) is 70.6 Å². The highest BCUT2D eigenvalue weighted by Crippen LogP contribution is 2.44. The molecule has 2 heterocycles. The van der Waals surface area contributed by atoms with E-state index in [0.717, 1.165) is 55.0 Å². The van der Waals surface area contributed by atoms with Crippen molar-refractivity contribution in [3.8, 4) is 0 Å². The number of hydrogen-bond acceptors (Lipinski definition) is 4. The van der Waals surface area contributed by atoms with Crippen LogP contribution in [-0.4, -0.2) is 46.4 Å². The molecular formula is C20H32N2O3S2. The maximum atomic E-state index is 10.5. The summed E-state index contributed by atoms with van der Waals surface area (Å²) in [5, 5.41) is 15.3. The van der Waals surface area contributed by atoms with Crippen molar-refractivity contribution in [2.45, 2.75) is 70.5 Å². The average molecular weight is 413 g/mol. The minimum absolute atomic E-state index is 0.237.